The molecule has 3 atom stereocenters. The quantitative estimate of drug-likeness (QED) is 0.0898. The van der Waals surface area contributed by atoms with Gasteiger partial charge in [0, 0.05) is 23.4 Å². The monoisotopic (exact) mass is 884 g/mol. The van der Waals surface area contributed by atoms with Crippen LogP contribution in [0.1, 0.15) is 64.0 Å². The molecule has 0 bridgehead atoms. The number of benzene rings is 4. The Labute approximate surface area is 372 Å². The molecule has 15 heteroatoms. The van der Waals surface area contributed by atoms with Gasteiger partial charge in [0.25, 0.3) is 5.88 Å². The maximum absolute atomic E-state index is 12.7. The number of aliphatic hydroxyl groups is 1. The fourth-order valence-electron chi connectivity index (χ4n) is 7.13. The lowest BCUT2D eigenvalue weighted by molar-refractivity contribution is -0.118. The second-order valence-electron chi connectivity index (χ2n) is 14.9. The van der Waals surface area contributed by atoms with Crippen LogP contribution in [0.3, 0.4) is 0 Å². The second-order valence-corrected chi connectivity index (χ2v) is 15.7. The van der Waals surface area contributed by atoms with Gasteiger partial charge in [-0.3, -0.25) is 14.7 Å². The van der Waals surface area contributed by atoms with Crippen molar-refractivity contribution in [2.75, 3.05) is 45.8 Å². The summed E-state index contributed by atoms with van der Waals surface area (Å²) in [6.07, 6.45) is -0.677. The summed E-state index contributed by atoms with van der Waals surface area (Å²) in [5, 5.41) is 14.9. The van der Waals surface area contributed by atoms with Crippen molar-refractivity contribution in [1.29, 1.82) is 0 Å². The molecule has 1 fully saturated rings. The first-order valence-corrected chi connectivity index (χ1v) is 21.4. The number of halogens is 2. The minimum absolute atomic E-state index is 0.00353. The van der Waals surface area contributed by atoms with Crippen LogP contribution >= 0.6 is 23.2 Å². The first-order chi connectivity index (χ1) is 29.9. The molecule has 0 aliphatic carbocycles. The number of rotatable bonds is 16. The highest BCUT2D eigenvalue weighted by atomic mass is 35.5. The van der Waals surface area contributed by atoms with E-state index in [1.54, 1.807) is 50.8 Å². The molecule has 0 unspecified atom stereocenters. The molecule has 0 radical (unpaired) electrons. The number of amides is 1. The van der Waals surface area contributed by atoms with Crippen molar-refractivity contribution in [2.24, 2.45) is 5.92 Å². The number of imidazole rings is 1. The van der Waals surface area contributed by atoms with Gasteiger partial charge in [-0.2, -0.15) is 9.97 Å². The summed E-state index contributed by atoms with van der Waals surface area (Å²) in [6.45, 7) is 13.6. The number of hydrogen-bond donors (Lipinski definition) is 2. The van der Waals surface area contributed by atoms with Crippen molar-refractivity contribution in [3.63, 3.8) is 0 Å². The fourth-order valence-corrected chi connectivity index (χ4v) is 7.45. The van der Waals surface area contributed by atoms with Gasteiger partial charge in [-0.1, -0.05) is 112 Å². The maximum Gasteiger partial charge on any atom is 0.252 e. The molecule has 3 heterocycles. The van der Waals surface area contributed by atoms with Gasteiger partial charge in [0.2, 0.25) is 11.9 Å². The van der Waals surface area contributed by atoms with Gasteiger partial charge in [0.1, 0.15) is 35.2 Å². The third-order valence-electron chi connectivity index (χ3n) is 10.7. The number of aliphatic hydroxyl groups excluding tert-OH is 1. The van der Waals surface area contributed by atoms with E-state index in [4.69, 9.17) is 46.9 Å². The van der Waals surface area contributed by atoms with E-state index in [2.05, 4.69) is 45.9 Å². The number of nitrogens with one attached hydrogen (secondary N) is 1. The lowest BCUT2D eigenvalue weighted by atomic mass is 9.80. The molecule has 7 rings (SSSR count). The van der Waals surface area contributed by atoms with E-state index in [-0.39, 0.29) is 47.9 Å². The van der Waals surface area contributed by atoms with Crippen molar-refractivity contribution in [2.45, 2.75) is 65.1 Å². The van der Waals surface area contributed by atoms with Gasteiger partial charge in [-0.25, -0.2) is 4.98 Å². The number of nitrogens with zero attached hydrogens (tertiary/aromatic N) is 5. The molecule has 1 aliphatic rings. The van der Waals surface area contributed by atoms with Gasteiger partial charge in [-0.15, -0.1) is 0 Å². The first-order valence-electron chi connectivity index (χ1n) is 20.7. The summed E-state index contributed by atoms with van der Waals surface area (Å²) in [4.78, 5) is 28.8. The number of aromatic nitrogens is 4. The predicted octanol–water partition coefficient (Wildman–Crippen LogP) is 9.54. The van der Waals surface area contributed by atoms with Gasteiger partial charge in [-0.05, 0) is 72.7 Å². The highest BCUT2D eigenvalue weighted by Crippen LogP contribution is 2.43. The summed E-state index contributed by atoms with van der Waals surface area (Å²) in [5.41, 5.74) is 2.01. The van der Waals surface area contributed by atoms with Crippen molar-refractivity contribution in [3.05, 3.63) is 130 Å². The zero-order chi connectivity index (χ0) is 44.4. The highest BCUT2D eigenvalue weighted by molar-refractivity contribution is 6.34. The summed E-state index contributed by atoms with van der Waals surface area (Å²) < 4.78 is 32.3. The van der Waals surface area contributed by atoms with Crippen LogP contribution in [0, 0.1) is 5.92 Å². The molecule has 13 nitrogen and oxygen atoms in total. The molecule has 1 amide bonds. The molecule has 4 aromatic carbocycles. The van der Waals surface area contributed by atoms with Gasteiger partial charge in [0.15, 0.2) is 11.2 Å². The number of methoxy groups -OCH3 is 2. The van der Waals surface area contributed by atoms with E-state index in [0.29, 0.717) is 27.2 Å². The number of ether oxygens (including phenoxy) is 5. The smallest absolute Gasteiger partial charge is 0.252 e. The number of carbonyl (C=O) groups is 1. The Morgan fingerprint density at radius 3 is 2.03 bits per heavy atom. The topological polar surface area (TPSA) is 142 Å². The summed E-state index contributed by atoms with van der Waals surface area (Å²) in [7, 11) is 3.24. The van der Waals surface area contributed by atoms with Gasteiger partial charge < -0.3 is 33.7 Å². The van der Waals surface area contributed by atoms with Crippen LogP contribution in [-0.4, -0.2) is 88.1 Å². The highest BCUT2D eigenvalue weighted by Gasteiger charge is 2.42. The number of carbonyl (C=O) groups excluding carboxylic acids is 1. The Morgan fingerprint density at radius 1 is 0.887 bits per heavy atom. The normalized spacial score (nSPS) is 16.3. The third-order valence-corrected chi connectivity index (χ3v) is 11.3. The zero-order valence-corrected chi connectivity index (χ0v) is 37.6. The van der Waals surface area contributed by atoms with Crippen LogP contribution < -0.4 is 19.5 Å². The van der Waals surface area contributed by atoms with Crippen LogP contribution in [0.25, 0.3) is 11.2 Å². The Kier molecular flexibility index (Phi) is 15.8. The van der Waals surface area contributed by atoms with Crippen LogP contribution in [0.4, 0.5) is 5.95 Å². The summed E-state index contributed by atoms with van der Waals surface area (Å²) >= 11 is 12.6. The SMILES string of the molecule is CCN(CC)CC.COc1ccc(C(OC[C@H]2O[C@@H](n3cnc4c(Oc5cc(Cl)ccc5Cl)nc(NC(=O)C(C)C)nc43)C[C@@H]2O)(c2ccccc2)c2ccc(OC)cc2)cc1. The van der Waals surface area contributed by atoms with Crippen molar-refractivity contribution in [3.8, 4) is 23.1 Å². The van der Waals surface area contributed by atoms with E-state index in [1.165, 1.54) is 26.0 Å². The molecule has 2 N–H and O–H groups in total. The van der Waals surface area contributed by atoms with Crippen molar-refractivity contribution in [1.82, 2.24) is 24.4 Å². The molecule has 0 saturated carbocycles. The molecular formula is C47H54Cl2N6O7. The average Bonchev–Trinajstić information content (AvgIpc) is 3.89. The number of fused-ring (bicyclic) bond motifs is 1. The Hall–Kier alpha value is -5.28. The molecular weight excluding hydrogens is 831 g/mol. The molecule has 6 aromatic rings. The van der Waals surface area contributed by atoms with Crippen LogP contribution in [-0.2, 0) is 19.9 Å². The predicted molar refractivity (Wildman–Crippen MR) is 242 cm³/mol. The van der Waals surface area contributed by atoms with Crippen LogP contribution in [0.5, 0.6) is 23.1 Å². The van der Waals surface area contributed by atoms with Crippen LogP contribution in [0.2, 0.25) is 10.0 Å². The molecule has 0 spiro atoms. The maximum atomic E-state index is 12.7. The lowest BCUT2D eigenvalue weighted by Crippen LogP contribution is -2.38. The summed E-state index contributed by atoms with van der Waals surface area (Å²) in [6, 6.07) is 30.1. The number of hydrogen-bond acceptors (Lipinski definition) is 11. The van der Waals surface area contributed by atoms with E-state index in [0.717, 1.165) is 16.7 Å². The molecule has 1 aliphatic heterocycles. The summed E-state index contributed by atoms with van der Waals surface area (Å²) in [5.74, 6) is 1.03. The van der Waals surface area contributed by atoms with Crippen LogP contribution in [0.15, 0.2) is 103 Å². The van der Waals surface area contributed by atoms with E-state index >= 15 is 0 Å². The zero-order valence-electron chi connectivity index (χ0n) is 36.0. The Morgan fingerprint density at radius 2 is 1.48 bits per heavy atom. The Balaban J connectivity index is 0.000000845. The van der Waals surface area contributed by atoms with E-state index in [9.17, 15) is 9.90 Å². The van der Waals surface area contributed by atoms with E-state index in [1.807, 2.05) is 78.9 Å². The lowest BCUT2D eigenvalue weighted by Gasteiger charge is -2.37. The Bertz CT molecular complexity index is 2320. The van der Waals surface area contributed by atoms with Crippen molar-refractivity contribution >= 4 is 46.2 Å². The third kappa shape index (κ3) is 10.5. The minimum Gasteiger partial charge on any atom is -0.497 e. The molecule has 328 valence electrons. The average molecular weight is 886 g/mol. The van der Waals surface area contributed by atoms with Gasteiger partial charge >= 0.3 is 0 Å². The number of anilines is 1. The molecule has 2 aromatic heterocycles. The molecule has 1 saturated heterocycles. The van der Waals surface area contributed by atoms with E-state index < -0.39 is 24.0 Å². The fraction of sp³-hybridized carbons (Fsp3) is 0.362. The second kappa shape index (κ2) is 21.2. The largest absolute Gasteiger partial charge is 0.497 e. The standard InChI is InChI=1S/C41H39Cl2N5O7.C6H15N/c1-24(2)38(50)46-40-45-37-36(39(47-40)55-33-20-28(42)14-19-31(33)43)44-23-48(37)35-21-32(49)34(54-35)22-53-41(25-8-6-5-7-9-25,26-10-15-29(51-3)16-11-26)27-12-17-30(52-4)18-13-27;1-4-7(5-2)6-3/h5-20,23-24,32,34-35,49H,21-22H2,1-4H3,(H,45,46,47,50);4-6H2,1-3H3/t32-,34+,35+;/m0./s1. The van der Waals surface area contributed by atoms with Gasteiger partial charge in [0.05, 0.1) is 38.3 Å². The molecule has 62 heavy (non-hydrogen) atoms. The first kappa shape index (κ1) is 46.2. The van der Waals surface area contributed by atoms with Crippen molar-refractivity contribution < 1.29 is 33.6 Å². The minimum atomic E-state index is -1.12.